The van der Waals surface area contributed by atoms with Crippen molar-refractivity contribution in [2.75, 3.05) is 0 Å². The third kappa shape index (κ3) is 1.98. The van der Waals surface area contributed by atoms with E-state index in [4.69, 9.17) is 0 Å². The van der Waals surface area contributed by atoms with Crippen LogP contribution in [0.5, 0.6) is 0 Å². The lowest BCUT2D eigenvalue weighted by Gasteiger charge is -2.12. The molecule has 0 fully saturated rings. The summed E-state index contributed by atoms with van der Waals surface area (Å²) in [7, 11) is 0. The van der Waals surface area contributed by atoms with Crippen LogP contribution in [0.25, 0.3) is 0 Å². The highest BCUT2D eigenvalue weighted by atomic mass is 16.3. The summed E-state index contributed by atoms with van der Waals surface area (Å²) in [6, 6.07) is 1.78. The van der Waals surface area contributed by atoms with E-state index in [1.54, 1.807) is 18.5 Å². The lowest BCUT2D eigenvalue weighted by Crippen LogP contribution is -2.05. The Morgan fingerprint density at radius 1 is 1.36 bits per heavy atom. The van der Waals surface area contributed by atoms with E-state index in [0.29, 0.717) is 0 Å². The molecule has 60 valence electrons. The molecule has 0 amide bonds. The van der Waals surface area contributed by atoms with Crippen molar-refractivity contribution in [1.82, 2.24) is 10.2 Å². The molecule has 1 aromatic rings. The van der Waals surface area contributed by atoms with Crippen LogP contribution < -0.4 is 0 Å². The third-order valence-corrected chi connectivity index (χ3v) is 1.58. The SMILES string of the molecule is CC(C)C(O)c1ccnnc1. The maximum Gasteiger partial charge on any atom is 0.0829 e. The fraction of sp³-hybridized carbons (Fsp3) is 0.500. The topological polar surface area (TPSA) is 46.0 Å². The highest BCUT2D eigenvalue weighted by Crippen LogP contribution is 2.18. The first-order valence-corrected chi connectivity index (χ1v) is 3.66. The first kappa shape index (κ1) is 8.14. The third-order valence-electron chi connectivity index (χ3n) is 1.58. The number of aliphatic hydroxyl groups excluding tert-OH is 1. The number of hydrogen-bond donors (Lipinski definition) is 1. The zero-order valence-electron chi connectivity index (χ0n) is 6.73. The molecule has 1 heterocycles. The summed E-state index contributed by atoms with van der Waals surface area (Å²) in [6.07, 6.45) is 2.75. The number of nitrogens with zero attached hydrogens (tertiary/aromatic N) is 2. The molecular weight excluding hydrogens is 140 g/mol. The number of rotatable bonds is 2. The minimum Gasteiger partial charge on any atom is -0.388 e. The summed E-state index contributed by atoms with van der Waals surface area (Å²) in [5.74, 6) is 0.221. The monoisotopic (exact) mass is 152 g/mol. The van der Waals surface area contributed by atoms with Gasteiger partial charge < -0.3 is 5.11 Å². The summed E-state index contributed by atoms with van der Waals surface area (Å²) in [5.41, 5.74) is 0.829. The first-order chi connectivity index (χ1) is 5.22. The van der Waals surface area contributed by atoms with Gasteiger partial charge in [0.1, 0.15) is 0 Å². The second kappa shape index (κ2) is 3.44. The van der Waals surface area contributed by atoms with Crippen LogP contribution in [0.4, 0.5) is 0 Å². The van der Waals surface area contributed by atoms with Crippen LogP contribution in [0.1, 0.15) is 25.5 Å². The molecule has 0 aromatic carbocycles. The molecule has 0 spiro atoms. The second-order valence-electron chi connectivity index (χ2n) is 2.86. The molecule has 3 nitrogen and oxygen atoms in total. The van der Waals surface area contributed by atoms with Crippen molar-refractivity contribution in [3.8, 4) is 0 Å². The summed E-state index contributed by atoms with van der Waals surface area (Å²) in [6.45, 7) is 3.93. The van der Waals surface area contributed by atoms with Gasteiger partial charge >= 0.3 is 0 Å². The van der Waals surface area contributed by atoms with Crippen molar-refractivity contribution in [3.63, 3.8) is 0 Å². The molecule has 0 aliphatic heterocycles. The van der Waals surface area contributed by atoms with E-state index in [1.165, 1.54) is 0 Å². The van der Waals surface area contributed by atoms with E-state index in [1.807, 2.05) is 13.8 Å². The Bertz CT molecular complexity index is 211. The molecule has 0 aliphatic carbocycles. The largest absolute Gasteiger partial charge is 0.388 e. The van der Waals surface area contributed by atoms with Gasteiger partial charge in [0.05, 0.1) is 12.3 Å². The predicted molar refractivity (Wildman–Crippen MR) is 41.8 cm³/mol. The zero-order valence-corrected chi connectivity index (χ0v) is 6.73. The van der Waals surface area contributed by atoms with Crippen LogP contribution >= 0.6 is 0 Å². The van der Waals surface area contributed by atoms with Crippen LogP contribution in [-0.4, -0.2) is 15.3 Å². The standard InChI is InChI=1S/C8H12N2O/c1-6(2)8(11)7-3-4-9-10-5-7/h3-6,8,11H,1-2H3. The lowest BCUT2D eigenvalue weighted by atomic mass is 10.0. The van der Waals surface area contributed by atoms with Crippen molar-refractivity contribution in [2.24, 2.45) is 5.92 Å². The van der Waals surface area contributed by atoms with Gasteiger partial charge in [-0.15, -0.1) is 0 Å². The molecule has 0 bridgehead atoms. The van der Waals surface area contributed by atoms with E-state index in [2.05, 4.69) is 10.2 Å². The molecular formula is C8H12N2O. The van der Waals surface area contributed by atoms with Gasteiger partial charge in [-0.25, -0.2) is 0 Å². The summed E-state index contributed by atoms with van der Waals surface area (Å²) < 4.78 is 0. The van der Waals surface area contributed by atoms with Gasteiger partial charge in [0.15, 0.2) is 0 Å². The maximum absolute atomic E-state index is 9.53. The van der Waals surface area contributed by atoms with Gasteiger partial charge in [0.25, 0.3) is 0 Å². The van der Waals surface area contributed by atoms with Gasteiger partial charge in [-0.05, 0) is 12.0 Å². The normalized spacial score (nSPS) is 13.5. The Kier molecular flexibility index (Phi) is 2.54. The Labute approximate surface area is 66.1 Å². The van der Waals surface area contributed by atoms with Crippen molar-refractivity contribution < 1.29 is 5.11 Å². The van der Waals surface area contributed by atoms with Crippen molar-refractivity contribution >= 4 is 0 Å². The van der Waals surface area contributed by atoms with Crippen LogP contribution in [0, 0.1) is 5.92 Å². The molecule has 0 aliphatic rings. The highest BCUT2D eigenvalue weighted by Gasteiger charge is 2.10. The number of aliphatic hydroxyl groups is 1. The van der Waals surface area contributed by atoms with Gasteiger partial charge in [0, 0.05) is 11.8 Å². The molecule has 1 N–H and O–H groups in total. The zero-order chi connectivity index (χ0) is 8.27. The maximum atomic E-state index is 9.53. The van der Waals surface area contributed by atoms with E-state index < -0.39 is 6.10 Å². The van der Waals surface area contributed by atoms with Gasteiger partial charge in [-0.1, -0.05) is 13.8 Å². The Morgan fingerprint density at radius 3 is 2.55 bits per heavy atom. The molecule has 3 heteroatoms. The quantitative estimate of drug-likeness (QED) is 0.691. The van der Waals surface area contributed by atoms with Gasteiger partial charge in [0.2, 0.25) is 0 Å². The molecule has 11 heavy (non-hydrogen) atoms. The number of hydrogen-bond acceptors (Lipinski definition) is 3. The fourth-order valence-electron chi connectivity index (χ4n) is 0.861. The molecule has 1 aromatic heterocycles. The Hall–Kier alpha value is -0.960. The highest BCUT2D eigenvalue weighted by molar-refractivity contribution is 5.09. The molecule has 0 radical (unpaired) electrons. The van der Waals surface area contributed by atoms with Crippen molar-refractivity contribution in [3.05, 3.63) is 24.0 Å². The predicted octanol–water partition coefficient (Wildman–Crippen LogP) is 1.17. The van der Waals surface area contributed by atoms with E-state index in [0.717, 1.165) is 5.56 Å². The van der Waals surface area contributed by atoms with Crippen molar-refractivity contribution in [2.45, 2.75) is 20.0 Å². The van der Waals surface area contributed by atoms with Crippen molar-refractivity contribution in [1.29, 1.82) is 0 Å². The Balaban J connectivity index is 2.77. The van der Waals surface area contributed by atoms with Crippen LogP contribution in [0.3, 0.4) is 0 Å². The first-order valence-electron chi connectivity index (χ1n) is 3.66. The molecule has 1 unspecified atom stereocenters. The average Bonchev–Trinajstić information content (AvgIpc) is 2.05. The summed E-state index contributed by atoms with van der Waals surface area (Å²) in [4.78, 5) is 0. The van der Waals surface area contributed by atoms with Gasteiger partial charge in [-0.3, -0.25) is 0 Å². The molecule has 0 saturated heterocycles. The summed E-state index contributed by atoms with van der Waals surface area (Å²) in [5, 5.41) is 16.8. The molecule has 1 rings (SSSR count). The van der Waals surface area contributed by atoms with Crippen LogP contribution in [0.15, 0.2) is 18.5 Å². The lowest BCUT2D eigenvalue weighted by molar-refractivity contribution is 0.126. The number of aromatic nitrogens is 2. The molecule has 0 saturated carbocycles. The average molecular weight is 152 g/mol. The molecule has 1 atom stereocenters. The van der Waals surface area contributed by atoms with Gasteiger partial charge in [-0.2, -0.15) is 10.2 Å². The summed E-state index contributed by atoms with van der Waals surface area (Å²) >= 11 is 0. The van der Waals surface area contributed by atoms with E-state index in [-0.39, 0.29) is 5.92 Å². The van der Waals surface area contributed by atoms with Crippen LogP contribution in [0.2, 0.25) is 0 Å². The second-order valence-corrected chi connectivity index (χ2v) is 2.86. The van der Waals surface area contributed by atoms with Crippen LogP contribution in [-0.2, 0) is 0 Å². The smallest absolute Gasteiger partial charge is 0.0829 e. The van der Waals surface area contributed by atoms with E-state index in [9.17, 15) is 5.11 Å². The Morgan fingerprint density at radius 2 is 2.09 bits per heavy atom. The minimum absolute atomic E-state index is 0.221. The van der Waals surface area contributed by atoms with E-state index >= 15 is 0 Å². The minimum atomic E-state index is -0.425. The fourth-order valence-corrected chi connectivity index (χ4v) is 0.861.